The molecule has 0 unspecified atom stereocenters. The number of para-hydroxylation sites is 2. The van der Waals surface area contributed by atoms with Crippen molar-refractivity contribution in [3.05, 3.63) is 90.1 Å². The number of aromatic nitrogens is 3. The number of halogens is 1. The third-order valence-corrected chi connectivity index (χ3v) is 4.41. The van der Waals surface area contributed by atoms with E-state index in [0.29, 0.717) is 5.39 Å². The lowest BCUT2D eigenvalue weighted by Crippen LogP contribution is -2.28. The molecule has 1 N–H and O–H groups in total. The van der Waals surface area contributed by atoms with E-state index in [1.54, 1.807) is 35.1 Å². The molecule has 0 fully saturated rings. The number of amides is 1. The molecular weight excluding hydrogens is 343 g/mol. The number of hydrogen-bond acceptors (Lipinski definition) is 3. The quantitative estimate of drug-likeness (QED) is 0.597. The Hall–Kier alpha value is -3.54. The van der Waals surface area contributed by atoms with E-state index in [9.17, 15) is 9.18 Å². The number of benzene rings is 2. The van der Waals surface area contributed by atoms with Gasteiger partial charge in [0.1, 0.15) is 17.0 Å². The Bertz CT molecular complexity index is 1110. The number of rotatable bonds is 4. The lowest BCUT2D eigenvalue weighted by atomic mass is 10.1. The van der Waals surface area contributed by atoms with E-state index >= 15 is 0 Å². The van der Waals surface area contributed by atoms with Crippen molar-refractivity contribution in [1.82, 2.24) is 20.1 Å². The smallest absolute Gasteiger partial charge is 0.270 e. The third-order valence-electron chi connectivity index (χ3n) is 4.41. The molecule has 6 heteroatoms. The molecule has 1 amide bonds. The Morgan fingerprint density at radius 3 is 2.74 bits per heavy atom. The molecule has 0 aliphatic carbocycles. The molecular formula is C21H17FN4O. The monoisotopic (exact) mass is 360 g/mol. The van der Waals surface area contributed by atoms with Gasteiger partial charge in [-0.15, -0.1) is 0 Å². The van der Waals surface area contributed by atoms with Crippen LogP contribution in [-0.4, -0.2) is 20.7 Å². The van der Waals surface area contributed by atoms with Crippen molar-refractivity contribution >= 4 is 16.8 Å². The van der Waals surface area contributed by atoms with Crippen LogP contribution in [0.5, 0.6) is 0 Å². The Labute approximate surface area is 155 Å². The Morgan fingerprint density at radius 2 is 1.93 bits per heavy atom. The molecule has 2 aromatic carbocycles. The molecule has 5 nitrogen and oxygen atoms in total. The molecule has 0 saturated carbocycles. The average Bonchev–Trinajstić information content (AvgIpc) is 3.22. The number of pyridine rings is 1. The van der Waals surface area contributed by atoms with Gasteiger partial charge >= 0.3 is 0 Å². The first-order valence-electron chi connectivity index (χ1n) is 8.58. The summed E-state index contributed by atoms with van der Waals surface area (Å²) in [5, 5.41) is 7.85. The highest BCUT2D eigenvalue weighted by molar-refractivity contribution is 5.95. The minimum absolute atomic E-state index is 0.177. The summed E-state index contributed by atoms with van der Waals surface area (Å²) >= 11 is 0. The van der Waals surface area contributed by atoms with Crippen molar-refractivity contribution in [3.63, 3.8) is 0 Å². The maximum absolute atomic E-state index is 14.0. The lowest BCUT2D eigenvalue weighted by Gasteiger charge is -2.18. The van der Waals surface area contributed by atoms with Crippen LogP contribution in [0.15, 0.2) is 73.1 Å². The zero-order chi connectivity index (χ0) is 18.8. The van der Waals surface area contributed by atoms with Crippen molar-refractivity contribution in [2.75, 3.05) is 0 Å². The normalized spacial score (nSPS) is 12.1. The Morgan fingerprint density at radius 1 is 1.07 bits per heavy atom. The second-order valence-corrected chi connectivity index (χ2v) is 6.21. The maximum atomic E-state index is 14.0. The highest BCUT2D eigenvalue weighted by Crippen LogP contribution is 2.22. The van der Waals surface area contributed by atoms with E-state index in [1.165, 1.54) is 6.07 Å². The van der Waals surface area contributed by atoms with Crippen molar-refractivity contribution in [2.24, 2.45) is 0 Å². The predicted octanol–water partition coefficient (Wildman–Crippen LogP) is 4.05. The summed E-state index contributed by atoms with van der Waals surface area (Å²) in [6, 6.07) is 17.3. The topological polar surface area (TPSA) is 59.8 Å². The molecule has 0 saturated heterocycles. The van der Waals surface area contributed by atoms with Crippen LogP contribution in [0.3, 0.4) is 0 Å². The molecule has 0 radical (unpaired) electrons. The molecule has 1 atom stereocenters. The largest absolute Gasteiger partial charge is 0.344 e. The first-order valence-corrected chi connectivity index (χ1v) is 8.58. The zero-order valence-corrected chi connectivity index (χ0v) is 14.6. The van der Waals surface area contributed by atoms with Crippen LogP contribution >= 0.6 is 0 Å². The number of fused-ring (bicyclic) bond motifs is 1. The van der Waals surface area contributed by atoms with Gasteiger partial charge in [0, 0.05) is 17.8 Å². The molecule has 0 aliphatic heterocycles. The van der Waals surface area contributed by atoms with E-state index in [1.807, 2.05) is 43.5 Å². The van der Waals surface area contributed by atoms with E-state index < -0.39 is 5.82 Å². The maximum Gasteiger partial charge on any atom is 0.270 e. The van der Waals surface area contributed by atoms with Crippen molar-refractivity contribution in [3.8, 4) is 5.69 Å². The number of carbonyl (C=O) groups is 1. The Balaban J connectivity index is 1.61. The molecule has 4 rings (SSSR count). The van der Waals surface area contributed by atoms with Crippen LogP contribution in [0, 0.1) is 5.82 Å². The average molecular weight is 360 g/mol. The fourth-order valence-electron chi connectivity index (χ4n) is 3.06. The van der Waals surface area contributed by atoms with Crippen LogP contribution in [-0.2, 0) is 0 Å². The number of carbonyl (C=O) groups excluding carboxylic acids is 1. The summed E-state index contributed by atoms with van der Waals surface area (Å²) in [4.78, 5) is 16.9. The molecule has 0 bridgehead atoms. The summed E-state index contributed by atoms with van der Waals surface area (Å²) in [7, 11) is 0. The van der Waals surface area contributed by atoms with Crippen LogP contribution in [0.1, 0.15) is 29.0 Å². The molecule has 4 aromatic rings. The SMILES string of the molecule is C[C@@H](NC(=O)c1ccc2cccc(F)c2n1)c1ccccc1-n1cccn1. The number of nitrogens with one attached hydrogen (secondary N) is 1. The van der Waals surface area contributed by atoms with Gasteiger partial charge < -0.3 is 5.32 Å². The van der Waals surface area contributed by atoms with E-state index in [2.05, 4.69) is 15.4 Å². The van der Waals surface area contributed by atoms with E-state index in [-0.39, 0.29) is 23.2 Å². The fourth-order valence-corrected chi connectivity index (χ4v) is 3.06. The minimum atomic E-state index is -0.445. The molecule has 0 spiro atoms. The third kappa shape index (κ3) is 3.29. The van der Waals surface area contributed by atoms with E-state index in [4.69, 9.17) is 0 Å². The molecule has 0 aliphatic rings. The van der Waals surface area contributed by atoms with Gasteiger partial charge in [0.05, 0.1) is 11.7 Å². The first-order chi connectivity index (χ1) is 13.1. The van der Waals surface area contributed by atoms with Crippen molar-refractivity contribution < 1.29 is 9.18 Å². The van der Waals surface area contributed by atoms with Gasteiger partial charge in [-0.05, 0) is 36.8 Å². The highest BCUT2D eigenvalue weighted by Gasteiger charge is 2.17. The molecule has 2 heterocycles. The van der Waals surface area contributed by atoms with Crippen molar-refractivity contribution in [1.29, 1.82) is 0 Å². The number of hydrogen-bond donors (Lipinski definition) is 1. The van der Waals surface area contributed by atoms with Crippen LogP contribution in [0.2, 0.25) is 0 Å². The molecule has 2 aromatic heterocycles. The lowest BCUT2D eigenvalue weighted by molar-refractivity contribution is 0.0935. The van der Waals surface area contributed by atoms with E-state index in [0.717, 1.165) is 11.3 Å². The summed E-state index contributed by atoms with van der Waals surface area (Å²) < 4.78 is 15.7. The van der Waals surface area contributed by atoms with Gasteiger partial charge in [0.15, 0.2) is 0 Å². The standard InChI is InChI=1S/C21H17FN4O/c1-14(16-7-2-3-9-19(16)26-13-5-12-23-26)24-21(27)18-11-10-15-6-4-8-17(22)20(15)25-18/h2-14H,1H3,(H,24,27)/t14-/m1/s1. The second kappa shape index (κ2) is 6.99. The Kier molecular flexibility index (Phi) is 4.38. The summed E-state index contributed by atoms with van der Waals surface area (Å²) in [5.41, 5.74) is 2.17. The van der Waals surface area contributed by atoms with Crippen molar-refractivity contribution in [2.45, 2.75) is 13.0 Å². The van der Waals surface area contributed by atoms with Crippen LogP contribution < -0.4 is 5.32 Å². The molecule has 134 valence electrons. The van der Waals surface area contributed by atoms with Gasteiger partial charge in [-0.2, -0.15) is 5.10 Å². The fraction of sp³-hybridized carbons (Fsp3) is 0.0952. The summed E-state index contributed by atoms with van der Waals surface area (Å²) in [6.45, 7) is 1.89. The van der Waals surface area contributed by atoms with Gasteiger partial charge in [-0.1, -0.05) is 36.4 Å². The predicted molar refractivity (Wildman–Crippen MR) is 101 cm³/mol. The van der Waals surface area contributed by atoms with Crippen LogP contribution in [0.25, 0.3) is 16.6 Å². The van der Waals surface area contributed by atoms with Gasteiger partial charge in [0.2, 0.25) is 0 Å². The minimum Gasteiger partial charge on any atom is -0.344 e. The first kappa shape index (κ1) is 16.9. The summed E-state index contributed by atoms with van der Waals surface area (Å²) in [6.07, 6.45) is 3.55. The van der Waals surface area contributed by atoms with Crippen LogP contribution in [0.4, 0.5) is 4.39 Å². The van der Waals surface area contributed by atoms with Gasteiger partial charge in [-0.3, -0.25) is 4.79 Å². The summed E-state index contributed by atoms with van der Waals surface area (Å²) in [5.74, 6) is -0.804. The molecule has 27 heavy (non-hydrogen) atoms. The van der Waals surface area contributed by atoms with Gasteiger partial charge in [0.25, 0.3) is 5.91 Å². The number of nitrogens with zero attached hydrogens (tertiary/aromatic N) is 3. The highest BCUT2D eigenvalue weighted by atomic mass is 19.1. The second-order valence-electron chi connectivity index (χ2n) is 6.21. The van der Waals surface area contributed by atoms with Gasteiger partial charge in [-0.25, -0.2) is 14.1 Å². The zero-order valence-electron chi connectivity index (χ0n) is 14.6.